The van der Waals surface area contributed by atoms with Crippen LogP contribution in [0.3, 0.4) is 0 Å². The second kappa shape index (κ2) is 6.92. The molecule has 1 unspecified atom stereocenters. The van der Waals surface area contributed by atoms with E-state index in [1.165, 1.54) is 0 Å². The Kier molecular flexibility index (Phi) is 4.72. The van der Waals surface area contributed by atoms with E-state index >= 15 is 0 Å². The summed E-state index contributed by atoms with van der Waals surface area (Å²) in [4.78, 5) is 16.8. The lowest BCUT2D eigenvalue weighted by Crippen LogP contribution is -2.28. The van der Waals surface area contributed by atoms with E-state index in [2.05, 4.69) is 26.2 Å². The molecule has 1 aromatic heterocycles. The van der Waals surface area contributed by atoms with Gasteiger partial charge in [0.25, 0.3) is 0 Å². The number of halogens is 1. The summed E-state index contributed by atoms with van der Waals surface area (Å²) in [6.07, 6.45) is 2.08. The van der Waals surface area contributed by atoms with Crippen molar-refractivity contribution >= 4 is 32.7 Å². The van der Waals surface area contributed by atoms with Crippen LogP contribution in [0.2, 0.25) is 0 Å². The third-order valence-electron chi connectivity index (χ3n) is 3.79. The molecule has 0 aliphatic carbocycles. The first kappa shape index (κ1) is 15.7. The Morgan fingerprint density at radius 3 is 2.78 bits per heavy atom. The van der Waals surface area contributed by atoms with Crippen molar-refractivity contribution in [3.63, 3.8) is 0 Å². The molecule has 0 aliphatic rings. The molecule has 0 saturated carbocycles. The lowest BCUT2D eigenvalue weighted by molar-refractivity contribution is -0.121. The summed E-state index contributed by atoms with van der Waals surface area (Å²) in [6, 6.07) is 17.8. The van der Waals surface area contributed by atoms with Crippen molar-refractivity contribution in [3.05, 3.63) is 76.4 Å². The molecule has 0 spiro atoms. The van der Waals surface area contributed by atoms with E-state index in [1.807, 2.05) is 61.5 Å². The Balaban J connectivity index is 1.74. The summed E-state index contributed by atoms with van der Waals surface area (Å²) in [5.41, 5.74) is 2.91. The normalized spacial score (nSPS) is 12.1. The van der Waals surface area contributed by atoms with Crippen molar-refractivity contribution in [2.75, 3.05) is 0 Å². The predicted octanol–water partition coefficient (Wildman–Crippen LogP) is 4.42. The first-order valence-corrected chi connectivity index (χ1v) is 8.30. The van der Waals surface area contributed by atoms with Crippen LogP contribution in [-0.4, -0.2) is 10.9 Å². The maximum atomic E-state index is 12.4. The number of pyridine rings is 1. The van der Waals surface area contributed by atoms with Gasteiger partial charge in [-0.2, -0.15) is 0 Å². The first-order valence-electron chi connectivity index (χ1n) is 7.51. The highest BCUT2D eigenvalue weighted by molar-refractivity contribution is 9.10. The van der Waals surface area contributed by atoms with Gasteiger partial charge < -0.3 is 5.32 Å². The molecule has 0 saturated heterocycles. The Hall–Kier alpha value is -2.20. The second-order valence-electron chi connectivity index (χ2n) is 5.51. The van der Waals surface area contributed by atoms with Gasteiger partial charge in [-0.15, -0.1) is 0 Å². The van der Waals surface area contributed by atoms with Crippen LogP contribution in [0.15, 0.2) is 65.3 Å². The number of hydrogen-bond acceptors (Lipinski definition) is 2. The van der Waals surface area contributed by atoms with Gasteiger partial charge in [-0.1, -0.05) is 52.3 Å². The maximum absolute atomic E-state index is 12.4. The van der Waals surface area contributed by atoms with E-state index in [0.29, 0.717) is 6.42 Å². The first-order chi connectivity index (χ1) is 11.1. The molecule has 23 heavy (non-hydrogen) atoms. The standard InChI is InChI=1S/C19H17BrN2O/c1-13(15-6-3-9-17(20)11-15)22-18(23)12-16-7-2-5-14-8-4-10-21-19(14)16/h2-11,13H,12H2,1H3,(H,22,23). The van der Waals surface area contributed by atoms with Crippen LogP contribution in [0.25, 0.3) is 10.9 Å². The zero-order valence-corrected chi connectivity index (χ0v) is 14.4. The van der Waals surface area contributed by atoms with E-state index in [0.717, 1.165) is 26.5 Å². The van der Waals surface area contributed by atoms with E-state index in [4.69, 9.17) is 0 Å². The van der Waals surface area contributed by atoms with Crippen LogP contribution in [0.5, 0.6) is 0 Å². The smallest absolute Gasteiger partial charge is 0.224 e. The molecule has 4 heteroatoms. The predicted molar refractivity (Wildman–Crippen MR) is 96.1 cm³/mol. The number of hydrogen-bond donors (Lipinski definition) is 1. The van der Waals surface area contributed by atoms with E-state index in [9.17, 15) is 4.79 Å². The number of carbonyl (C=O) groups is 1. The van der Waals surface area contributed by atoms with Crippen molar-refractivity contribution < 1.29 is 4.79 Å². The lowest BCUT2D eigenvalue weighted by Gasteiger charge is -2.15. The van der Waals surface area contributed by atoms with Gasteiger partial charge in [0.05, 0.1) is 18.0 Å². The Morgan fingerprint density at radius 2 is 1.96 bits per heavy atom. The fourth-order valence-corrected chi connectivity index (χ4v) is 3.05. The number of benzene rings is 2. The monoisotopic (exact) mass is 368 g/mol. The number of rotatable bonds is 4. The molecule has 2 aromatic carbocycles. The summed E-state index contributed by atoms with van der Waals surface area (Å²) < 4.78 is 1.01. The van der Waals surface area contributed by atoms with Gasteiger partial charge in [0, 0.05) is 16.1 Å². The van der Waals surface area contributed by atoms with Crippen LogP contribution in [0.1, 0.15) is 24.1 Å². The number of fused-ring (bicyclic) bond motifs is 1. The van der Waals surface area contributed by atoms with Crippen molar-refractivity contribution in [2.45, 2.75) is 19.4 Å². The van der Waals surface area contributed by atoms with Crippen LogP contribution in [-0.2, 0) is 11.2 Å². The zero-order valence-electron chi connectivity index (χ0n) is 12.8. The lowest BCUT2D eigenvalue weighted by atomic mass is 10.1. The van der Waals surface area contributed by atoms with Gasteiger partial charge in [-0.05, 0) is 36.2 Å². The van der Waals surface area contributed by atoms with E-state index in [1.54, 1.807) is 6.20 Å². The van der Waals surface area contributed by atoms with Gasteiger partial charge >= 0.3 is 0 Å². The third kappa shape index (κ3) is 3.77. The molecule has 0 fully saturated rings. The quantitative estimate of drug-likeness (QED) is 0.740. The molecule has 116 valence electrons. The molecular formula is C19H17BrN2O. The third-order valence-corrected chi connectivity index (χ3v) is 4.29. The Bertz CT molecular complexity index is 842. The summed E-state index contributed by atoms with van der Waals surface area (Å²) in [5.74, 6) is -0.00405. The van der Waals surface area contributed by atoms with Crippen molar-refractivity contribution in [1.29, 1.82) is 0 Å². The van der Waals surface area contributed by atoms with Crippen LogP contribution in [0.4, 0.5) is 0 Å². The fourth-order valence-electron chi connectivity index (χ4n) is 2.63. The van der Waals surface area contributed by atoms with Crippen molar-refractivity contribution in [3.8, 4) is 0 Å². The summed E-state index contributed by atoms with van der Waals surface area (Å²) in [7, 11) is 0. The van der Waals surface area contributed by atoms with E-state index in [-0.39, 0.29) is 11.9 Å². The second-order valence-corrected chi connectivity index (χ2v) is 6.43. The topological polar surface area (TPSA) is 42.0 Å². The number of carbonyl (C=O) groups excluding carboxylic acids is 1. The highest BCUT2D eigenvalue weighted by Gasteiger charge is 2.12. The summed E-state index contributed by atoms with van der Waals surface area (Å²) >= 11 is 3.46. The minimum absolute atomic E-state index is 0.00405. The summed E-state index contributed by atoms with van der Waals surface area (Å²) in [5, 5.41) is 4.10. The number of amides is 1. The van der Waals surface area contributed by atoms with Crippen LogP contribution >= 0.6 is 15.9 Å². The molecule has 0 bridgehead atoms. The average molecular weight is 369 g/mol. The molecule has 0 aliphatic heterocycles. The minimum atomic E-state index is -0.0389. The Labute approximate surface area is 143 Å². The molecule has 3 rings (SSSR count). The zero-order chi connectivity index (χ0) is 16.2. The van der Waals surface area contributed by atoms with Crippen LogP contribution < -0.4 is 5.32 Å². The highest BCUT2D eigenvalue weighted by Crippen LogP contribution is 2.19. The molecular weight excluding hydrogens is 352 g/mol. The molecule has 1 atom stereocenters. The van der Waals surface area contributed by atoms with Gasteiger partial charge in [-0.25, -0.2) is 0 Å². The van der Waals surface area contributed by atoms with Gasteiger partial charge in [0.15, 0.2) is 0 Å². The van der Waals surface area contributed by atoms with Gasteiger partial charge in [0.1, 0.15) is 0 Å². The largest absolute Gasteiger partial charge is 0.349 e. The van der Waals surface area contributed by atoms with Crippen molar-refractivity contribution in [2.24, 2.45) is 0 Å². The Morgan fingerprint density at radius 1 is 1.17 bits per heavy atom. The minimum Gasteiger partial charge on any atom is -0.349 e. The van der Waals surface area contributed by atoms with Crippen molar-refractivity contribution in [1.82, 2.24) is 10.3 Å². The van der Waals surface area contributed by atoms with Gasteiger partial charge in [0.2, 0.25) is 5.91 Å². The van der Waals surface area contributed by atoms with E-state index < -0.39 is 0 Å². The number of aromatic nitrogens is 1. The summed E-state index contributed by atoms with van der Waals surface area (Å²) in [6.45, 7) is 1.99. The molecule has 1 N–H and O–H groups in total. The number of nitrogens with zero attached hydrogens (tertiary/aromatic N) is 1. The average Bonchev–Trinajstić information content (AvgIpc) is 2.55. The SMILES string of the molecule is CC(NC(=O)Cc1cccc2cccnc12)c1cccc(Br)c1. The molecule has 1 heterocycles. The van der Waals surface area contributed by atoms with Crippen LogP contribution in [0, 0.1) is 0 Å². The maximum Gasteiger partial charge on any atom is 0.224 e. The molecule has 0 radical (unpaired) electrons. The number of para-hydroxylation sites is 1. The highest BCUT2D eigenvalue weighted by atomic mass is 79.9. The molecule has 3 aromatic rings. The fraction of sp³-hybridized carbons (Fsp3) is 0.158. The molecule has 3 nitrogen and oxygen atoms in total. The number of nitrogens with one attached hydrogen (secondary N) is 1. The van der Waals surface area contributed by atoms with Gasteiger partial charge in [-0.3, -0.25) is 9.78 Å². The molecule has 1 amide bonds.